The molecular formula is C15H22FNO2. The predicted octanol–water partition coefficient (Wildman–Crippen LogP) is 2.66. The molecule has 1 amide bonds. The molecule has 2 N–H and O–H groups in total. The first-order valence-corrected chi connectivity index (χ1v) is 6.72. The first-order valence-electron chi connectivity index (χ1n) is 6.72. The fourth-order valence-electron chi connectivity index (χ4n) is 2.17. The summed E-state index contributed by atoms with van der Waals surface area (Å²) in [6, 6.07) is 4.05. The van der Waals surface area contributed by atoms with E-state index in [1.807, 2.05) is 13.8 Å². The van der Waals surface area contributed by atoms with Gasteiger partial charge in [0.05, 0.1) is 6.10 Å². The quantitative estimate of drug-likeness (QED) is 0.832. The van der Waals surface area contributed by atoms with Crippen molar-refractivity contribution in [3.05, 3.63) is 35.1 Å². The number of carbonyl (C=O) groups is 1. The number of aryl methyl sites for hydroxylation is 1. The monoisotopic (exact) mass is 267 g/mol. The minimum absolute atomic E-state index is 0.189. The summed E-state index contributed by atoms with van der Waals surface area (Å²) in [5.41, 5.74) is 1.03. The minimum Gasteiger partial charge on any atom is -0.391 e. The highest BCUT2D eigenvalue weighted by molar-refractivity contribution is 5.95. The standard InChI is InChI=1S/C15H22FNO2/c1-4-11(5-2)14(18)9-17-15(19)13-7-6-12(16)8-10(13)3/h6-8,11,14,18H,4-5,9H2,1-3H3,(H,17,19). The van der Waals surface area contributed by atoms with E-state index in [0.29, 0.717) is 11.1 Å². The lowest BCUT2D eigenvalue weighted by atomic mass is 9.96. The highest BCUT2D eigenvalue weighted by Gasteiger charge is 2.17. The van der Waals surface area contributed by atoms with Crippen LogP contribution in [0.2, 0.25) is 0 Å². The topological polar surface area (TPSA) is 49.3 Å². The zero-order valence-corrected chi connectivity index (χ0v) is 11.7. The number of aliphatic hydroxyl groups excluding tert-OH is 1. The molecule has 106 valence electrons. The molecule has 0 bridgehead atoms. The van der Waals surface area contributed by atoms with Gasteiger partial charge >= 0.3 is 0 Å². The van der Waals surface area contributed by atoms with E-state index in [1.54, 1.807) is 6.92 Å². The van der Waals surface area contributed by atoms with Crippen molar-refractivity contribution in [2.45, 2.75) is 39.7 Å². The number of benzene rings is 1. The number of amides is 1. The second kappa shape index (κ2) is 7.24. The van der Waals surface area contributed by atoms with Gasteiger partial charge in [-0.1, -0.05) is 26.7 Å². The van der Waals surface area contributed by atoms with E-state index in [9.17, 15) is 14.3 Å². The average molecular weight is 267 g/mol. The summed E-state index contributed by atoms with van der Waals surface area (Å²) in [4.78, 5) is 11.9. The molecule has 1 aromatic carbocycles. The van der Waals surface area contributed by atoms with E-state index >= 15 is 0 Å². The van der Waals surface area contributed by atoms with Gasteiger partial charge in [-0.3, -0.25) is 4.79 Å². The van der Waals surface area contributed by atoms with Crippen LogP contribution in [0.5, 0.6) is 0 Å². The number of halogens is 1. The first-order chi connectivity index (χ1) is 8.99. The van der Waals surface area contributed by atoms with Gasteiger partial charge < -0.3 is 10.4 Å². The Hall–Kier alpha value is -1.42. The van der Waals surface area contributed by atoms with Gasteiger partial charge in [0.1, 0.15) is 5.82 Å². The number of carbonyl (C=O) groups excluding carboxylic acids is 1. The van der Waals surface area contributed by atoms with Crippen molar-refractivity contribution in [1.29, 1.82) is 0 Å². The fourth-order valence-corrected chi connectivity index (χ4v) is 2.17. The van der Waals surface area contributed by atoms with E-state index < -0.39 is 6.10 Å². The summed E-state index contributed by atoms with van der Waals surface area (Å²) >= 11 is 0. The molecule has 4 heteroatoms. The maximum absolute atomic E-state index is 13.0. The van der Waals surface area contributed by atoms with Crippen molar-refractivity contribution in [3.63, 3.8) is 0 Å². The second-order valence-electron chi connectivity index (χ2n) is 4.81. The van der Waals surface area contributed by atoms with Crippen molar-refractivity contribution < 1.29 is 14.3 Å². The molecule has 1 unspecified atom stereocenters. The van der Waals surface area contributed by atoms with Crippen LogP contribution in [0, 0.1) is 18.7 Å². The van der Waals surface area contributed by atoms with Crippen LogP contribution < -0.4 is 5.32 Å². The molecule has 0 radical (unpaired) electrons. The Morgan fingerprint density at radius 2 is 2.00 bits per heavy atom. The Morgan fingerprint density at radius 1 is 1.37 bits per heavy atom. The summed E-state index contributed by atoms with van der Waals surface area (Å²) in [7, 11) is 0. The Kier molecular flexibility index (Phi) is 5.96. The molecule has 3 nitrogen and oxygen atoms in total. The molecule has 0 saturated heterocycles. The molecule has 1 rings (SSSR count). The van der Waals surface area contributed by atoms with Crippen molar-refractivity contribution in [3.8, 4) is 0 Å². The van der Waals surface area contributed by atoms with Gasteiger partial charge in [-0.25, -0.2) is 4.39 Å². The van der Waals surface area contributed by atoms with Crippen LogP contribution in [0.25, 0.3) is 0 Å². The van der Waals surface area contributed by atoms with Crippen LogP contribution >= 0.6 is 0 Å². The van der Waals surface area contributed by atoms with E-state index in [2.05, 4.69) is 5.32 Å². The lowest BCUT2D eigenvalue weighted by Gasteiger charge is -2.20. The Balaban J connectivity index is 2.60. The molecule has 0 aliphatic heterocycles. The maximum atomic E-state index is 13.0. The molecule has 0 aliphatic carbocycles. The summed E-state index contributed by atoms with van der Waals surface area (Å²) < 4.78 is 13.0. The smallest absolute Gasteiger partial charge is 0.251 e. The highest BCUT2D eigenvalue weighted by Crippen LogP contribution is 2.13. The van der Waals surface area contributed by atoms with Gasteiger partial charge in [0.25, 0.3) is 5.91 Å². The second-order valence-corrected chi connectivity index (χ2v) is 4.81. The van der Waals surface area contributed by atoms with Crippen molar-refractivity contribution >= 4 is 5.91 Å². The highest BCUT2D eigenvalue weighted by atomic mass is 19.1. The third-order valence-electron chi connectivity index (χ3n) is 3.50. The lowest BCUT2D eigenvalue weighted by Crippen LogP contribution is -2.36. The fraction of sp³-hybridized carbons (Fsp3) is 0.533. The van der Waals surface area contributed by atoms with Crippen molar-refractivity contribution in [2.75, 3.05) is 6.54 Å². The Morgan fingerprint density at radius 3 is 2.53 bits per heavy atom. The van der Waals surface area contributed by atoms with Crippen LogP contribution in [-0.2, 0) is 0 Å². The molecule has 1 aromatic rings. The SMILES string of the molecule is CCC(CC)C(O)CNC(=O)c1ccc(F)cc1C. The molecular weight excluding hydrogens is 245 g/mol. The molecule has 0 spiro atoms. The average Bonchev–Trinajstić information content (AvgIpc) is 2.37. The van der Waals surface area contributed by atoms with Crippen molar-refractivity contribution in [2.24, 2.45) is 5.92 Å². The summed E-state index contributed by atoms with van der Waals surface area (Å²) in [5.74, 6) is -0.441. The normalized spacial score (nSPS) is 12.5. The minimum atomic E-state index is -0.542. The summed E-state index contributed by atoms with van der Waals surface area (Å²) in [6.45, 7) is 5.95. The third kappa shape index (κ3) is 4.31. The van der Waals surface area contributed by atoms with Gasteiger partial charge in [0, 0.05) is 12.1 Å². The molecule has 0 saturated carbocycles. The first kappa shape index (κ1) is 15.6. The van der Waals surface area contributed by atoms with Crippen molar-refractivity contribution in [1.82, 2.24) is 5.32 Å². The van der Waals surface area contributed by atoms with E-state index in [1.165, 1.54) is 18.2 Å². The van der Waals surface area contributed by atoms with Gasteiger partial charge in [-0.15, -0.1) is 0 Å². The van der Waals surface area contributed by atoms with Crippen LogP contribution in [0.15, 0.2) is 18.2 Å². The number of aliphatic hydroxyl groups is 1. The van der Waals surface area contributed by atoms with Crippen LogP contribution in [0.4, 0.5) is 4.39 Å². The third-order valence-corrected chi connectivity index (χ3v) is 3.50. The van der Waals surface area contributed by atoms with Crippen LogP contribution in [-0.4, -0.2) is 23.7 Å². The Bertz CT molecular complexity index is 430. The number of nitrogens with one attached hydrogen (secondary N) is 1. The van der Waals surface area contributed by atoms with Crippen LogP contribution in [0.1, 0.15) is 42.6 Å². The zero-order valence-electron chi connectivity index (χ0n) is 11.7. The Labute approximate surface area is 113 Å². The van der Waals surface area contributed by atoms with Crippen LogP contribution in [0.3, 0.4) is 0 Å². The zero-order chi connectivity index (χ0) is 14.4. The van der Waals surface area contributed by atoms with Gasteiger partial charge in [0.15, 0.2) is 0 Å². The number of rotatable bonds is 6. The lowest BCUT2D eigenvalue weighted by molar-refractivity contribution is 0.0816. The van der Waals surface area contributed by atoms with Gasteiger partial charge in [0.2, 0.25) is 0 Å². The van der Waals surface area contributed by atoms with Gasteiger partial charge in [-0.05, 0) is 36.6 Å². The molecule has 1 atom stereocenters. The van der Waals surface area contributed by atoms with Gasteiger partial charge in [-0.2, -0.15) is 0 Å². The number of hydrogen-bond acceptors (Lipinski definition) is 2. The largest absolute Gasteiger partial charge is 0.391 e. The molecule has 0 aromatic heterocycles. The number of hydrogen-bond donors (Lipinski definition) is 2. The maximum Gasteiger partial charge on any atom is 0.251 e. The summed E-state index contributed by atoms with van der Waals surface area (Å²) in [6.07, 6.45) is 1.21. The van der Waals surface area contributed by atoms with E-state index in [-0.39, 0.29) is 24.2 Å². The molecule has 19 heavy (non-hydrogen) atoms. The molecule has 0 heterocycles. The van der Waals surface area contributed by atoms with E-state index in [0.717, 1.165) is 12.8 Å². The van der Waals surface area contributed by atoms with E-state index in [4.69, 9.17) is 0 Å². The summed E-state index contributed by atoms with van der Waals surface area (Å²) in [5, 5.41) is 12.6. The molecule has 0 aliphatic rings. The predicted molar refractivity (Wildman–Crippen MR) is 73.5 cm³/mol. The molecule has 0 fully saturated rings.